The number of benzene rings is 1. The second-order valence-electron chi connectivity index (χ2n) is 5.29. The fourth-order valence-electron chi connectivity index (χ4n) is 2.17. The molecule has 0 spiro atoms. The molecule has 5 heteroatoms. The number of hydrogen-bond acceptors (Lipinski definition) is 3. The molecule has 0 aliphatic heterocycles. The Balaban J connectivity index is 1.76. The van der Waals surface area contributed by atoms with Gasteiger partial charge in [0.2, 0.25) is 0 Å². The second-order valence-corrected chi connectivity index (χ2v) is 5.29. The van der Waals surface area contributed by atoms with Crippen molar-refractivity contribution in [3.8, 4) is 11.3 Å². The van der Waals surface area contributed by atoms with Crippen molar-refractivity contribution in [2.24, 2.45) is 0 Å². The summed E-state index contributed by atoms with van der Waals surface area (Å²) in [7, 11) is 0. The van der Waals surface area contributed by atoms with Crippen LogP contribution in [0.4, 0.5) is 0 Å². The van der Waals surface area contributed by atoms with Crippen molar-refractivity contribution in [1.29, 1.82) is 0 Å². The Morgan fingerprint density at radius 2 is 1.86 bits per heavy atom. The zero-order chi connectivity index (χ0) is 15.1. The van der Waals surface area contributed by atoms with Gasteiger partial charge in [0.15, 0.2) is 0 Å². The van der Waals surface area contributed by atoms with Gasteiger partial charge in [0, 0.05) is 18.5 Å². The van der Waals surface area contributed by atoms with Crippen LogP contribution in [0.2, 0.25) is 0 Å². The van der Waals surface area contributed by atoms with E-state index in [1.807, 2.05) is 10.9 Å². The minimum Gasteiger partial charge on any atom is -0.481 e. The lowest BCUT2D eigenvalue weighted by atomic mass is 10.1. The van der Waals surface area contributed by atoms with E-state index in [9.17, 15) is 4.79 Å². The number of carboxylic acids is 1. The van der Waals surface area contributed by atoms with Crippen molar-refractivity contribution in [2.75, 3.05) is 0 Å². The third-order valence-electron chi connectivity index (χ3n) is 3.41. The van der Waals surface area contributed by atoms with Gasteiger partial charge in [-0.05, 0) is 19.8 Å². The number of hydrogen-bond donors (Lipinski definition) is 1. The zero-order valence-electron chi connectivity index (χ0n) is 12.3. The SMILES string of the molecule is Cc1ccc(-c2cn(CCCCCCC(=O)O)nn2)cc1. The van der Waals surface area contributed by atoms with E-state index < -0.39 is 5.97 Å². The van der Waals surface area contributed by atoms with E-state index in [0.29, 0.717) is 0 Å². The fraction of sp³-hybridized carbons (Fsp3) is 0.438. The zero-order valence-corrected chi connectivity index (χ0v) is 12.3. The number of aryl methyl sites for hydroxylation is 2. The molecule has 0 aliphatic carbocycles. The smallest absolute Gasteiger partial charge is 0.303 e. The first kappa shape index (κ1) is 15.2. The highest BCUT2D eigenvalue weighted by Gasteiger charge is 2.03. The molecule has 0 amide bonds. The van der Waals surface area contributed by atoms with Gasteiger partial charge in [-0.2, -0.15) is 0 Å². The van der Waals surface area contributed by atoms with E-state index in [-0.39, 0.29) is 6.42 Å². The molecular weight excluding hydrogens is 266 g/mol. The summed E-state index contributed by atoms with van der Waals surface area (Å²) in [6.07, 6.45) is 5.94. The Hall–Kier alpha value is -2.17. The van der Waals surface area contributed by atoms with Crippen molar-refractivity contribution >= 4 is 5.97 Å². The molecule has 1 N–H and O–H groups in total. The molecule has 112 valence electrons. The van der Waals surface area contributed by atoms with E-state index in [1.54, 1.807) is 0 Å². The first-order valence-electron chi connectivity index (χ1n) is 7.34. The largest absolute Gasteiger partial charge is 0.481 e. The lowest BCUT2D eigenvalue weighted by Gasteiger charge is -2.00. The summed E-state index contributed by atoms with van der Waals surface area (Å²) in [6, 6.07) is 8.23. The molecule has 0 unspecified atom stereocenters. The third-order valence-corrected chi connectivity index (χ3v) is 3.41. The first-order chi connectivity index (χ1) is 10.1. The number of carboxylic acid groups (broad SMARTS) is 1. The summed E-state index contributed by atoms with van der Waals surface area (Å²) in [5.74, 6) is -0.714. The van der Waals surface area contributed by atoms with Crippen LogP contribution in [-0.4, -0.2) is 26.1 Å². The Morgan fingerprint density at radius 1 is 1.14 bits per heavy atom. The summed E-state index contributed by atoms with van der Waals surface area (Å²) < 4.78 is 1.85. The molecule has 0 fully saturated rings. The van der Waals surface area contributed by atoms with Gasteiger partial charge in [-0.15, -0.1) is 5.10 Å². The van der Waals surface area contributed by atoms with Crippen LogP contribution in [0, 0.1) is 6.92 Å². The van der Waals surface area contributed by atoms with Crippen molar-refractivity contribution in [1.82, 2.24) is 15.0 Å². The summed E-state index contributed by atoms with van der Waals surface area (Å²) >= 11 is 0. The molecule has 0 bridgehead atoms. The maximum Gasteiger partial charge on any atom is 0.303 e. The average molecular weight is 287 g/mol. The molecule has 2 aromatic rings. The van der Waals surface area contributed by atoms with Crippen LogP contribution in [0.25, 0.3) is 11.3 Å². The maximum absolute atomic E-state index is 10.4. The number of carbonyl (C=O) groups is 1. The number of nitrogens with zero attached hydrogens (tertiary/aromatic N) is 3. The van der Waals surface area contributed by atoms with E-state index in [4.69, 9.17) is 5.11 Å². The molecule has 2 rings (SSSR count). The highest BCUT2D eigenvalue weighted by atomic mass is 16.4. The minimum atomic E-state index is -0.714. The Morgan fingerprint density at radius 3 is 2.57 bits per heavy atom. The lowest BCUT2D eigenvalue weighted by Crippen LogP contribution is -1.99. The van der Waals surface area contributed by atoms with Crippen LogP contribution in [0.5, 0.6) is 0 Å². The summed E-state index contributed by atoms with van der Waals surface area (Å²) in [5.41, 5.74) is 3.20. The highest BCUT2D eigenvalue weighted by molar-refractivity contribution is 5.66. The standard InChI is InChI=1S/C16H21N3O2/c1-13-7-9-14(10-8-13)15-12-19(18-17-15)11-5-3-2-4-6-16(20)21/h7-10,12H,2-6,11H2,1H3,(H,20,21). The molecule has 21 heavy (non-hydrogen) atoms. The van der Waals surface area contributed by atoms with E-state index in [1.165, 1.54) is 5.56 Å². The number of unbranched alkanes of at least 4 members (excludes halogenated alkanes) is 3. The van der Waals surface area contributed by atoms with Crippen LogP contribution in [-0.2, 0) is 11.3 Å². The van der Waals surface area contributed by atoms with Gasteiger partial charge in [0.25, 0.3) is 0 Å². The van der Waals surface area contributed by atoms with E-state index in [0.717, 1.165) is 43.5 Å². The third kappa shape index (κ3) is 5.02. The summed E-state index contributed by atoms with van der Waals surface area (Å²) in [5, 5.41) is 16.9. The van der Waals surface area contributed by atoms with Crippen LogP contribution in [0.1, 0.15) is 37.7 Å². The lowest BCUT2D eigenvalue weighted by molar-refractivity contribution is -0.137. The minimum absolute atomic E-state index is 0.265. The van der Waals surface area contributed by atoms with Crippen LogP contribution < -0.4 is 0 Å². The van der Waals surface area contributed by atoms with Crippen molar-refractivity contribution in [3.63, 3.8) is 0 Å². The van der Waals surface area contributed by atoms with Gasteiger partial charge in [-0.25, -0.2) is 0 Å². The van der Waals surface area contributed by atoms with Crippen LogP contribution in [0.3, 0.4) is 0 Å². The predicted octanol–water partition coefficient (Wildman–Crippen LogP) is 3.29. The van der Waals surface area contributed by atoms with Crippen LogP contribution in [0.15, 0.2) is 30.5 Å². The maximum atomic E-state index is 10.4. The number of aromatic nitrogens is 3. The molecule has 1 heterocycles. The molecule has 0 saturated carbocycles. The van der Waals surface area contributed by atoms with Crippen molar-refractivity contribution < 1.29 is 9.90 Å². The molecule has 5 nitrogen and oxygen atoms in total. The Kier molecular flexibility index (Phi) is 5.49. The molecule has 0 aliphatic rings. The highest BCUT2D eigenvalue weighted by Crippen LogP contribution is 2.16. The monoisotopic (exact) mass is 287 g/mol. The summed E-state index contributed by atoms with van der Waals surface area (Å²) in [4.78, 5) is 10.4. The number of rotatable bonds is 8. The molecule has 0 saturated heterocycles. The average Bonchev–Trinajstić information content (AvgIpc) is 2.92. The topological polar surface area (TPSA) is 68.0 Å². The molecule has 1 aromatic heterocycles. The number of aliphatic carboxylic acids is 1. The van der Waals surface area contributed by atoms with Gasteiger partial charge in [-0.1, -0.05) is 47.9 Å². The summed E-state index contributed by atoms with van der Waals surface area (Å²) in [6.45, 7) is 2.89. The van der Waals surface area contributed by atoms with Gasteiger partial charge >= 0.3 is 5.97 Å². The molecule has 0 atom stereocenters. The second kappa shape index (κ2) is 7.57. The van der Waals surface area contributed by atoms with Gasteiger partial charge in [0.05, 0.1) is 6.20 Å². The molecular formula is C16H21N3O2. The molecule has 0 radical (unpaired) electrons. The van der Waals surface area contributed by atoms with Crippen molar-refractivity contribution in [2.45, 2.75) is 45.6 Å². The fourth-order valence-corrected chi connectivity index (χ4v) is 2.17. The molecule has 1 aromatic carbocycles. The van der Waals surface area contributed by atoms with Gasteiger partial charge in [0.1, 0.15) is 5.69 Å². The Labute approximate surface area is 124 Å². The van der Waals surface area contributed by atoms with E-state index >= 15 is 0 Å². The van der Waals surface area contributed by atoms with Crippen LogP contribution >= 0.6 is 0 Å². The Bertz CT molecular complexity index is 575. The first-order valence-corrected chi connectivity index (χ1v) is 7.34. The van der Waals surface area contributed by atoms with Crippen molar-refractivity contribution in [3.05, 3.63) is 36.0 Å². The quantitative estimate of drug-likeness (QED) is 0.756. The van der Waals surface area contributed by atoms with Gasteiger partial charge < -0.3 is 5.11 Å². The normalized spacial score (nSPS) is 10.7. The predicted molar refractivity (Wildman–Crippen MR) is 80.9 cm³/mol. The van der Waals surface area contributed by atoms with E-state index in [2.05, 4.69) is 41.5 Å². The van der Waals surface area contributed by atoms with Gasteiger partial charge in [-0.3, -0.25) is 9.48 Å².